The molecule has 0 aromatic rings. The Morgan fingerprint density at radius 3 is 2.22 bits per heavy atom. The second-order valence-electron chi connectivity index (χ2n) is 1.22. The van der Waals surface area contributed by atoms with Gasteiger partial charge in [-0.3, -0.25) is 10.2 Å². The van der Waals surface area contributed by atoms with Gasteiger partial charge in [0.2, 0.25) is 5.91 Å². The Labute approximate surface area is 89.1 Å². The Morgan fingerprint density at radius 2 is 2.11 bits per heavy atom. The van der Waals surface area contributed by atoms with Crippen LogP contribution in [0.5, 0.6) is 0 Å². The van der Waals surface area contributed by atoms with E-state index in [4.69, 9.17) is 0 Å². The zero-order valence-corrected chi connectivity index (χ0v) is 9.61. The largest absolute Gasteiger partial charge is 0.292 e. The summed E-state index contributed by atoms with van der Waals surface area (Å²) in [4.78, 5) is 10.1. The maximum atomic E-state index is 10.1. The molecule has 1 aliphatic heterocycles. The van der Waals surface area contributed by atoms with Gasteiger partial charge in [0, 0.05) is 55.7 Å². The average Bonchev–Trinajstić information content (AvgIpc) is 2.24. The van der Waals surface area contributed by atoms with Crippen LogP contribution in [0.4, 0.5) is 0 Å². The molecule has 1 saturated heterocycles. The van der Waals surface area contributed by atoms with Crippen LogP contribution in [-0.4, -0.2) is 12.5 Å². The van der Waals surface area contributed by atoms with Crippen LogP contribution in [0.3, 0.4) is 0 Å². The first-order valence-corrected chi connectivity index (χ1v) is 6.89. The van der Waals surface area contributed by atoms with Crippen molar-refractivity contribution in [2.24, 2.45) is 0 Å². The van der Waals surface area contributed by atoms with E-state index in [0.717, 1.165) is 6.54 Å². The molecular formula is C3H6AgBrIN2O. The molecule has 1 aliphatic rings. The maximum Gasteiger partial charge on any atom is 0.235 e. The van der Waals surface area contributed by atoms with E-state index in [1.165, 1.54) is 0 Å². The van der Waals surface area contributed by atoms with Crippen molar-refractivity contribution in [3.05, 3.63) is 0 Å². The number of rotatable bonds is 0. The van der Waals surface area contributed by atoms with Crippen molar-refractivity contribution in [2.75, 3.05) is 6.54 Å². The maximum absolute atomic E-state index is 10.1. The van der Waals surface area contributed by atoms with Gasteiger partial charge in [-0.15, -0.1) is 0 Å². The zero-order valence-electron chi connectivity index (χ0n) is 4.38. The minimum absolute atomic E-state index is 0. The molecular weight excluding hydrogens is 395 g/mol. The van der Waals surface area contributed by atoms with Crippen molar-refractivity contribution in [1.82, 2.24) is 10.9 Å². The summed E-state index contributed by atoms with van der Waals surface area (Å²) < 4.78 is 0. The molecule has 6 heteroatoms. The molecule has 0 saturated carbocycles. The van der Waals surface area contributed by atoms with Crippen molar-refractivity contribution >= 4 is 39.0 Å². The van der Waals surface area contributed by atoms with Gasteiger partial charge in [0.25, 0.3) is 0 Å². The Hall–Kier alpha value is 1.38. The molecule has 0 unspecified atom stereocenters. The number of hydrazine groups is 1. The van der Waals surface area contributed by atoms with Crippen molar-refractivity contribution in [2.45, 2.75) is 6.42 Å². The third-order valence-electron chi connectivity index (χ3n) is 0.705. The van der Waals surface area contributed by atoms with Gasteiger partial charge in [0.1, 0.15) is 0 Å². The molecule has 0 atom stereocenters. The van der Waals surface area contributed by atoms with Crippen molar-refractivity contribution in [3.63, 3.8) is 0 Å². The monoisotopic (exact) mass is 399 g/mol. The van der Waals surface area contributed by atoms with Gasteiger partial charge in [-0.05, 0) is 12.7 Å². The third kappa shape index (κ3) is 7.28. The molecule has 1 radical (unpaired) electrons. The minimum Gasteiger partial charge on any atom is -0.292 e. The van der Waals surface area contributed by atoms with Gasteiger partial charge in [-0.2, -0.15) is 0 Å². The number of hydrogen-bond donors (Lipinski definition) is 2. The summed E-state index contributed by atoms with van der Waals surface area (Å²) in [5, 5.41) is 0. The van der Waals surface area contributed by atoms with E-state index in [2.05, 4.69) is 23.5 Å². The standard InChI is InChI=1S/C3H6N2O.Ag.BrI/c6-3-1-2-4-5-3;;1-2/h4H,1-2H2,(H,5,6);;. The van der Waals surface area contributed by atoms with E-state index in [9.17, 15) is 4.79 Å². The first kappa shape index (κ1) is 13.0. The first-order valence-electron chi connectivity index (χ1n) is 2.05. The van der Waals surface area contributed by atoms with Crippen LogP contribution in [0.2, 0.25) is 0 Å². The second kappa shape index (κ2) is 9.38. The van der Waals surface area contributed by atoms with Gasteiger partial charge in [0.05, 0.1) is 0 Å². The molecule has 1 fully saturated rings. The quantitative estimate of drug-likeness (QED) is 0.465. The van der Waals surface area contributed by atoms with Crippen molar-refractivity contribution < 1.29 is 27.2 Å². The Bertz CT molecular complexity index is 76.2. The van der Waals surface area contributed by atoms with Crippen molar-refractivity contribution in [1.29, 1.82) is 0 Å². The summed E-state index contributed by atoms with van der Waals surface area (Å²) in [5.41, 5.74) is 5.10. The second-order valence-corrected chi connectivity index (χ2v) is 1.22. The molecule has 1 amide bonds. The Kier molecular flexibility index (Phi) is 13.6. The molecule has 0 aliphatic carbocycles. The summed E-state index contributed by atoms with van der Waals surface area (Å²) in [7, 11) is 0. The van der Waals surface area contributed by atoms with E-state index < -0.39 is 0 Å². The summed E-state index contributed by atoms with van der Waals surface area (Å²) in [6.07, 6.45) is 0.625. The number of halogens is 2. The van der Waals surface area contributed by atoms with Crippen LogP contribution in [0.25, 0.3) is 0 Å². The fourth-order valence-electron chi connectivity index (χ4n) is 0.400. The molecule has 1 heterocycles. The Morgan fingerprint density at radius 1 is 1.56 bits per heavy atom. The van der Waals surface area contributed by atoms with Gasteiger partial charge in [-0.1, -0.05) is 0 Å². The SMILES string of the molecule is BrI.O=C1CCNN1.[Ag]. The van der Waals surface area contributed by atoms with Gasteiger partial charge >= 0.3 is 0 Å². The normalized spacial score (nSPS) is 14.7. The summed E-state index contributed by atoms with van der Waals surface area (Å²) >= 11 is 4.87. The molecule has 0 aromatic carbocycles. The Balaban J connectivity index is 0. The van der Waals surface area contributed by atoms with E-state index in [1.54, 1.807) is 0 Å². The molecule has 1 rings (SSSR count). The fourth-order valence-corrected chi connectivity index (χ4v) is 0.400. The average molecular weight is 401 g/mol. The topological polar surface area (TPSA) is 41.1 Å². The van der Waals surface area contributed by atoms with Gasteiger partial charge in [0.15, 0.2) is 0 Å². The van der Waals surface area contributed by atoms with Crippen LogP contribution < -0.4 is 10.9 Å². The summed E-state index contributed by atoms with van der Waals surface area (Å²) in [6.45, 7) is 0.777. The van der Waals surface area contributed by atoms with E-state index in [0.29, 0.717) is 6.42 Å². The molecule has 9 heavy (non-hydrogen) atoms. The van der Waals surface area contributed by atoms with E-state index in [-0.39, 0.29) is 28.3 Å². The minimum atomic E-state index is 0. The molecule has 3 nitrogen and oxygen atoms in total. The predicted molar refractivity (Wildman–Crippen MR) is 43.7 cm³/mol. The van der Waals surface area contributed by atoms with E-state index in [1.807, 2.05) is 20.4 Å². The fraction of sp³-hybridized carbons (Fsp3) is 0.667. The molecule has 0 aromatic heterocycles. The van der Waals surface area contributed by atoms with Crippen LogP contribution in [-0.2, 0) is 27.2 Å². The van der Waals surface area contributed by atoms with Crippen LogP contribution in [0.15, 0.2) is 0 Å². The zero-order chi connectivity index (χ0) is 6.41. The number of hydrogen-bond acceptors (Lipinski definition) is 2. The summed E-state index contributed by atoms with van der Waals surface area (Å²) in [6, 6.07) is 0. The number of carbonyl (C=O) groups excluding carboxylic acids is 1. The van der Waals surface area contributed by atoms with Gasteiger partial charge in [-0.25, -0.2) is 5.43 Å². The molecule has 59 valence electrons. The smallest absolute Gasteiger partial charge is 0.235 e. The van der Waals surface area contributed by atoms with E-state index >= 15 is 0 Å². The van der Waals surface area contributed by atoms with Crippen molar-refractivity contribution in [3.8, 4) is 0 Å². The third-order valence-corrected chi connectivity index (χ3v) is 0.705. The number of nitrogens with one attached hydrogen (secondary N) is 2. The van der Waals surface area contributed by atoms with Crippen LogP contribution in [0.1, 0.15) is 6.42 Å². The number of carbonyl (C=O) groups is 1. The van der Waals surface area contributed by atoms with Gasteiger partial charge < -0.3 is 0 Å². The number of amides is 1. The molecule has 0 bridgehead atoms. The van der Waals surface area contributed by atoms with Crippen LogP contribution >= 0.6 is 33.1 Å². The van der Waals surface area contributed by atoms with Crippen LogP contribution in [0, 0.1) is 0 Å². The molecule has 0 spiro atoms. The molecule has 2 N–H and O–H groups in total. The first-order chi connectivity index (χ1) is 3.89. The predicted octanol–water partition coefficient (Wildman–Crippen LogP) is 0.740. The summed E-state index contributed by atoms with van der Waals surface area (Å²) in [5.74, 6) is 0.0926.